The number of carbonyl (C=O) groups excluding carboxylic acids is 3. The highest BCUT2D eigenvalue weighted by Crippen LogP contribution is 2.17. The van der Waals surface area contributed by atoms with Crippen molar-refractivity contribution in [1.82, 2.24) is 0 Å². The van der Waals surface area contributed by atoms with Crippen LogP contribution in [0.25, 0.3) is 0 Å². The maximum Gasteiger partial charge on any atom is 0.306 e. The van der Waals surface area contributed by atoms with Crippen molar-refractivity contribution in [1.29, 1.82) is 0 Å². The van der Waals surface area contributed by atoms with Crippen LogP contribution in [-0.4, -0.2) is 37.2 Å². The number of rotatable bonds is 60. The molecule has 0 amide bonds. The Labute approximate surface area is 460 Å². The molecule has 6 heteroatoms. The second-order valence-electron chi connectivity index (χ2n) is 22.0. The highest BCUT2D eigenvalue weighted by Gasteiger charge is 2.19. The molecular formula is C68H124O6. The van der Waals surface area contributed by atoms with Crippen molar-refractivity contribution in [3.63, 3.8) is 0 Å². The molecular weight excluding hydrogens is 913 g/mol. The van der Waals surface area contributed by atoms with Crippen LogP contribution in [0.2, 0.25) is 0 Å². The van der Waals surface area contributed by atoms with Crippen LogP contribution in [0, 0.1) is 0 Å². The van der Waals surface area contributed by atoms with Crippen LogP contribution in [0.4, 0.5) is 0 Å². The number of hydrogen-bond donors (Lipinski definition) is 0. The Morgan fingerprint density at radius 3 is 0.797 bits per heavy atom. The van der Waals surface area contributed by atoms with Gasteiger partial charge in [0.1, 0.15) is 13.2 Å². The predicted molar refractivity (Wildman–Crippen MR) is 321 cm³/mol. The predicted octanol–water partition coefficient (Wildman–Crippen LogP) is 22.2. The van der Waals surface area contributed by atoms with Crippen LogP contribution < -0.4 is 0 Å². The third kappa shape index (κ3) is 60.2. The Hall–Kier alpha value is -2.63. The van der Waals surface area contributed by atoms with Gasteiger partial charge in [0, 0.05) is 19.3 Å². The molecule has 0 aromatic carbocycles. The van der Waals surface area contributed by atoms with Crippen LogP contribution in [-0.2, 0) is 28.6 Å². The fourth-order valence-corrected chi connectivity index (χ4v) is 9.58. The van der Waals surface area contributed by atoms with Gasteiger partial charge in [-0.1, -0.05) is 275 Å². The van der Waals surface area contributed by atoms with E-state index in [4.69, 9.17) is 14.2 Å². The van der Waals surface area contributed by atoms with Crippen molar-refractivity contribution in [3.05, 3.63) is 48.6 Å². The van der Waals surface area contributed by atoms with E-state index in [1.807, 2.05) is 0 Å². The van der Waals surface area contributed by atoms with Crippen molar-refractivity contribution >= 4 is 17.9 Å². The first-order valence-electron chi connectivity index (χ1n) is 32.6. The lowest BCUT2D eigenvalue weighted by Crippen LogP contribution is -2.30. The molecule has 0 aromatic rings. The lowest BCUT2D eigenvalue weighted by atomic mass is 10.0. The van der Waals surface area contributed by atoms with Crippen LogP contribution in [0.3, 0.4) is 0 Å². The molecule has 0 aliphatic heterocycles. The third-order valence-corrected chi connectivity index (χ3v) is 14.5. The van der Waals surface area contributed by atoms with Crippen molar-refractivity contribution < 1.29 is 28.6 Å². The van der Waals surface area contributed by atoms with Gasteiger partial charge in [-0.3, -0.25) is 14.4 Å². The van der Waals surface area contributed by atoms with Gasteiger partial charge in [-0.15, -0.1) is 0 Å². The summed E-state index contributed by atoms with van der Waals surface area (Å²) in [5.74, 6) is -0.877. The zero-order valence-electron chi connectivity index (χ0n) is 49.6. The van der Waals surface area contributed by atoms with E-state index in [1.165, 1.54) is 231 Å². The summed E-state index contributed by atoms with van der Waals surface area (Å²) in [5.41, 5.74) is 0. The van der Waals surface area contributed by atoms with Gasteiger partial charge in [-0.05, 0) is 103 Å². The number of carbonyl (C=O) groups is 3. The minimum absolute atomic E-state index is 0.0756. The SMILES string of the molecule is CCCCC/C=C\CCCCCCCC(=O)OCC(COC(=O)CCCCCCCCCCCCCCCCCCCCC/C=C\C/C=C\CCCCCCC)OC(=O)CCCCCCC/C=C\CCCCCC. The summed E-state index contributed by atoms with van der Waals surface area (Å²) in [4.78, 5) is 38.2. The van der Waals surface area contributed by atoms with Gasteiger partial charge in [0.2, 0.25) is 0 Å². The molecule has 1 unspecified atom stereocenters. The minimum Gasteiger partial charge on any atom is -0.462 e. The fraction of sp³-hybridized carbons (Fsp3) is 0.838. The Morgan fingerprint density at radius 1 is 0.270 bits per heavy atom. The van der Waals surface area contributed by atoms with E-state index in [0.717, 1.165) is 77.0 Å². The van der Waals surface area contributed by atoms with Gasteiger partial charge in [0.15, 0.2) is 6.10 Å². The van der Waals surface area contributed by atoms with E-state index >= 15 is 0 Å². The van der Waals surface area contributed by atoms with E-state index < -0.39 is 6.10 Å². The largest absolute Gasteiger partial charge is 0.462 e. The molecule has 0 aliphatic rings. The zero-order chi connectivity index (χ0) is 53.6. The molecule has 0 heterocycles. The highest BCUT2D eigenvalue weighted by molar-refractivity contribution is 5.71. The van der Waals surface area contributed by atoms with Crippen LogP contribution in [0.15, 0.2) is 48.6 Å². The van der Waals surface area contributed by atoms with E-state index in [0.29, 0.717) is 19.3 Å². The minimum atomic E-state index is -0.778. The van der Waals surface area contributed by atoms with E-state index in [2.05, 4.69) is 69.4 Å². The molecule has 0 N–H and O–H groups in total. The van der Waals surface area contributed by atoms with Crippen LogP contribution in [0.1, 0.15) is 348 Å². The summed E-state index contributed by atoms with van der Waals surface area (Å²) < 4.78 is 16.9. The fourth-order valence-electron chi connectivity index (χ4n) is 9.58. The molecule has 0 saturated heterocycles. The molecule has 432 valence electrons. The van der Waals surface area contributed by atoms with Gasteiger partial charge in [-0.25, -0.2) is 0 Å². The third-order valence-electron chi connectivity index (χ3n) is 14.5. The summed E-state index contributed by atoms with van der Waals surface area (Å²) >= 11 is 0. The first-order valence-corrected chi connectivity index (χ1v) is 32.6. The quantitative estimate of drug-likeness (QED) is 0.0261. The molecule has 0 radical (unpaired) electrons. The van der Waals surface area contributed by atoms with Gasteiger partial charge >= 0.3 is 17.9 Å². The number of allylic oxidation sites excluding steroid dienone is 8. The van der Waals surface area contributed by atoms with Crippen LogP contribution in [0.5, 0.6) is 0 Å². The Bertz CT molecular complexity index is 1280. The lowest BCUT2D eigenvalue weighted by Gasteiger charge is -2.18. The molecule has 0 spiro atoms. The molecule has 0 bridgehead atoms. The second-order valence-corrected chi connectivity index (χ2v) is 22.0. The van der Waals surface area contributed by atoms with Gasteiger partial charge in [0.05, 0.1) is 0 Å². The van der Waals surface area contributed by atoms with E-state index in [1.54, 1.807) is 0 Å². The van der Waals surface area contributed by atoms with Gasteiger partial charge in [0.25, 0.3) is 0 Å². The van der Waals surface area contributed by atoms with Crippen molar-refractivity contribution in [2.24, 2.45) is 0 Å². The Morgan fingerprint density at radius 2 is 0.486 bits per heavy atom. The first-order chi connectivity index (χ1) is 36.5. The van der Waals surface area contributed by atoms with Gasteiger partial charge in [-0.2, -0.15) is 0 Å². The molecule has 0 aromatic heterocycles. The first kappa shape index (κ1) is 71.4. The van der Waals surface area contributed by atoms with Crippen LogP contribution >= 0.6 is 0 Å². The summed E-state index contributed by atoms with van der Waals surface area (Å²) in [6.07, 6.45) is 78.5. The summed E-state index contributed by atoms with van der Waals surface area (Å²) in [6, 6.07) is 0. The Balaban J connectivity index is 4.09. The maximum atomic E-state index is 12.8. The van der Waals surface area contributed by atoms with Crippen molar-refractivity contribution in [2.75, 3.05) is 13.2 Å². The molecule has 0 saturated carbocycles. The summed E-state index contributed by atoms with van der Waals surface area (Å²) in [7, 11) is 0. The molecule has 1 atom stereocenters. The monoisotopic (exact) mass is 1040 g/mol. The van der Waals surface area contributed by atoms with E-state index in [9.17, 15) is 14.4 Å². The Kier molecular flexibility index (Phi) is 60.7. The highest BCUT2D eigenvalue weighted by atomic mass is 16.6. The second kappa shape index (κ2) is 62.9. The smallest absolute Gasteiger partial charge is 0.306 e. The molecule has 74 heavy (non-hydrogen) atoms. The number of unbranched alkanes of at least 4 members (excludes halogenated alkanes) is 41. The van der Waals surface area contributed by atoms with Crippen molar-refractivity contribution in [3.8, 4) is 0 Å². The normalized spacial score (nSPS) is 12.3. The topological polar surface area (TPSA) is 78.9 Å². The molecule has 6 nitrogen and oxygen atoms in total. The van der Waals surface area contributed by atoms with Gasteiger partial charge < -0.3 is 14.2 Å². The maximum absolute atomic E-state index is 12.8. The number of esters is 3. The number of ether oxygens (including phenoxy) is 3. The lowest BCUT2D eigenvalue weighted by molar-refractivity contribution is -0.167. The molecule has 0 fully saturated rings. The standard InChI is InChI=1S/C68H124O6/c1-4-7-10-13-16-19-22-25-26-27-28-29-30-31-32-33-34-35-36-37-38-39-40-41-42-44-46-49-52-55-58-61-67(70)73-64-65(63-72-66(69)60-57-54-51-48-45-24-21-18-15-12-9-6-3)74-68(71)62-59-56-53-50-47-43-23-20-17-14-11-8-5-2/h18,20-23,25,27-28,65H,4-17,19,24,26,29-64H2,1-3H3/b21-18-,23-20-,25-22-,28-27-. The zero-order valence-corrected chi connectivity index (χ0v) is 49.6. The average Bonchev–Trinajstić information content (AvgIpc) is 3.40. The number of hydrogen-bond acceptors (Lipinski definition) is 6. The summed E-state index contributed by atoms with van der Waals surface area (Å²) in [6.45, 7) is 6.62. The molecule has 0 aliphatic carbocycles. The van der Waals surface area contributed by atoms with E-state index in [-0.39, 0.29) is 31.1 Å². The average molecular weight is 1040 g/mol. The summed E-state index contributed by atoms with van der Waals surface area (Å²) in [5, 5.41) is 0. The molecule has 0 rings (SSSR count). The van der Waals surface area contributed by atoms with Crippen molar-refractivity contribution in [2.45, 2.75) is 354 Å².